The molecular weight excluding hydrogens is 252 g/mol. The SMILES string of the molecule is CCC.CCc1ccc2c(ccc3cc(CC)ccc32)c1. The Balaban J connectivity index is 0.000000497. The van der Waals surface area contributed by atoms with E-state index >= 15 is 0 Å². The minimum atomic E-state index is 1.10. The molecule has 0 bridgehead atoms. The zero-order chi connectivity index (χ0) is 15.2. The molecule has 0 N–H and O–H groups in total. The van der Waals surface area contributed by atoms with Crippen molar-refractivity contribution in [3.63, 3.8) is 0 Å². The van der Waals surface area contributed by atoms with Crippen LogP contribution in [0.5, 0.6) is 0 Å². The molecule has 0 nitrogen and oxygen atoms in total. The van der Waals surface area contributed by atoms with Crippen LogP contribution in [0.2, 0.25) is 0 Å². The van der Waals surface area contributed by atoms with E-state index in [0.717, 1.165) is 12.8 Å². The Morgan fingerprint density at radius 3 is 1.29 bits per heavy atom. The van der Waals surface area contributed by atoms with Crippen LogP contribution in [0.3, 0.4) is 0 Å². The van der Waals surface area contributed by atoms with Crippen molar-refractivity contribution in [1.82, 2.24) is 0 Å². The highest BCUT2D eigenvalue weighted by Gasteiger charge is 2.02. The van der Waals surface area contributed by atoms with Crippen LogP contribution >= 0.6 is 0 Å². The standard InChI is InChI=1S/C18H18.C3H8/c1-3-13-5-9-17-15(11-13)7-8-16-12-14(4-2)6-10-18(16)17;1-3-2/h5-12H,3-4H2,1-2H3;3H2,1-2H3. The molecule has 0 heteroatoms. The molecule has 3 aromatic rings. The predicted molar refractivity (Wildman–Crippen MR) is 96.2 cm³/mol. The van der Waals surface area contributed by atoms with E-state index in [1.165, 1.54) is 39.1 Å². The Morgan fingerprint density at radius 2 is 0.952 bits per heavy atom. The summed E-state index contributed by atoms with van der Waals surface area (Å²) in [6.07, 6.45) is 3.45. The van der Waals surface area contributed by atoms with Gasteiger partial charge in [0.1, 0.15) is 0 Å². The van der Waals surface area contributed by atoms with Crippen molar-refractivity contribution in [2.75, 3.05) is 0 Å². The van der Waals surface area contributed by atoms with Gasteiger partial charge in [0.05, 0.1) is 0 Å². The maximum Gasteiger partial charge on any atom is -0.0105 e. The second-order valence-electron chi connectivity index (χ2n) is 5.59. The van der Waals surface area contributed by atoms with Crippen molar-refractivity contribution < 1.29 is 0 Å². The van der Waals surface area contributed by atoms with Gasteiger partial charge in [-0.15, -0.1) is 0 Å². The predicted octanol–water partition coefficient (Wildman–Crippen LogP) is 6.53. The summed E-state index contributed by atoms with van der Waals surface area (Å²) in [5.41, 5.74) is 2.82. The second-order valence-corrected chi connectivity index (χ2v) is 5.59. The van der Waals surface area contributed by atoms with Crippen molar-refractivity contribution in [3.8, 4) is 0 Å². The van der Waals surface area contributed by atoms with Crippen LogP contribution < -0.4 is 0 Å². The molecule has 0 spiro atoms. The van der Waals surface area contributed by atoms with Crippen molar-refractivity contribution in [3.05, 3.63) is 59.7 Å². The number of fused-ring (bicyclic) bond motifs is 3. The molecule has 0 atom stereocenters. The van der Waals surface area contributed by atoms with Crippen LogP contribution in [0.4, 0.5) is 0 Å². The van der Waals surface area contributed by atoms with E-state index in [2.05, 4.69) is 76.2 Å². The van der Waals surface area contributed by atoms with Crippen LogP contribution in [0.25, 0.3) is 21.5 Å². The quantitative estimate of drug-likeness (QED) is 0.467. The van der Waals surface area contributed by atoms with Gasteiger partial charge < -0.3 is 0 Å². The van der Waals surface area contributed by atoms with E-state index in [1.807, 2.05) is 0 Å². The Labute approximate surface area is 128 Å². The number of hydrogen-bond donors (Lipinski definition) is 0. The maximum atomic E-state index is 2.31. The monoisotopic (exact) mass is 278 g/mol. The third-order valence-corrected chi connectivity index (χ3v) is 3.78. The van der Waals surface area contributed by atoms with Crippen LogP contribution in [0.1, 0.15) is 45.2 Å². The molecular formula is C21H26. The molecule has 110 valence electrons. The largest absolute Gasteiger partial charge is 0.0656 e. The lowest BCUT2D eigenvalue weighted by molar-refractivity contribution is 1.09. The number of rotatable bonds is 2. The molecule has 0 fully saturated rings. The van der Waals surface area contributed by atoms with Gasteiger partial charge in [-0.25, -0.2) is 0 Å². The van der Waals surface area contributed by atoms with Gasteiger partial charge in [0.25, 0.3) is 0 Å². The molecule has 0 saturated carbocycles. The number of hydrogen-bond acceptors (Lipinski definition) is 0. The average Bonchev–Trinajstić information content (AvgIpc) is 2.54. The topological polar surface area (TPSA) is 0 Å². The van der Waals surface area contributed by atoms with Gasteiger partial charge in [-0.2, -0.15) is 0 Å². The first-order valence-corrected chi connectivity index (χ1v) is 8.17. The van der Waals surface area contributed by atoms with E-state index in [4.69, 9.17) is 0 Å². The summed E-state index contributed by atoms with van der Waals surface area (Å²) in [7, 11) is 0. The van der Waals surface area contributed by atoms with Gasteiger partial charge in [0.2, 0.25) is 0 Å². The van der Waals surface area contributed by atoms with E-state index < -0.39 is 0 Å². The highest BCUT2D eigenvalue weighted by molar-refractivity contribution is 6.07. The summed E-state index contributed by atoms with van der Waals surface area (Å²) in [6, 6.07) is 18.1. The molecule has 0 aromatic heterocycles. The first-order valence-electron chi connectivity index (χ1n) is 8.17. The van der Waals surface area contributed by atoms with Crippen molar-refractivity contribution in [1.29, 1.82) is 0 Å². The molecule has 0 radical (unpaired) electrons. The normalized spacial score (nSPS) is 10.5. The van der Waals surface area contributed by atoms with Crippen molar-refractivity contribution in [2.45, 2.75) is 47.0 Å². The van der Waals surface area contributed by atoms with Gasteiger partial charge in [-0.1, -0.05) is 82.6 Å². The lowest BCUT2D eigenvalue weighted by Gasteiger charge is -2.07. The lowest BCUT2D eigenvalue weighted by Crippen LogP contribution is -1.84. The Bertz CT molecular complexity index is 660. The molecule has 3 rings (SSSR count). The fourth-order valence-electron chi connectivity index (χ4n) is 2.61. The molecule has 0 saturated heterocycles. The summed E-state index contributed by atoms with van der Waals surface area (Å²) in [5, 5.41) is 5.44. The van der Waals surface area contributed by atoms with Crippen LogP contribution in [0.15, 0.2) is 48.5 Å². The summed E-state index contributed by atoms with van der Waals surface area (Å²) in [5.74, 6) is 0. The van der Waals surface area contributed by atoms with Gasteiger partial charge in [-0.3, -0.25) is 0 Å². The highest BCUT2D eigenvalue weighted by atomic mass is 14.1. The van der Waals surface area contributed by atoms with E-state index in [1.54, 1.807) is 0 Å². The Morgan fingerprint density at radius 1 is 0.571 bits per heavy atom. The Hall–Kier alpha value is -1.82. The molecule has 0 aliphatic heterocycles. The van der Waals surface area contributed by atoms with E-state index in [-0.39, 0.29) is 0 Å². The van der Waals surface area contributed by atoms with E-state index in [0.29, 0.717) is 0 Å². The minimum absolute atomic E-state index is 1.10. The summed E-state index contributed by atoms with van der Waals surface area (Å²) >= 11 is 0. The zero-order valence-corrected chi connectivity index (χ0v) is 13.7. The third kappa shape index (κ3) is 3.44. The molecule has 3 aromatic carbocycles. The first-order chi connectivity index (χ1) is 10.2. The summed E-state index contributed by atoms with van der Waals surface area (Å²) in [4.78, 5) is 0. The number of aryl methyl sites for hydroxylation is 2. The maximum absolute atomic E-state index is 2.31. The van der Waals surface area contributed by atoms with Crippen LogP contribution in [-0.2, 0) is 12.8 Å². The van der Waals surface area contributed by atoms with Crippen LogP contribution in [-0.4, -0.2) is 0 Å². The second kappa shape index (κ2) is 7.26. The Kier molecular flexibility index (Phi) is 5.38. The molecule has 0 aliphatic rings. The smallest absolute Gasteiger partial charge is 0.0105 e. The van der Waals surface area contributed by atoms with E-state index in [9.17, 15) is 0 Å². The minimum Gasteiger partial charge on any atom is -0.0656 e. The fraction of sp³-hybridized carbons (Fsp3) is 0.333. The first kappa shape index (κ1) is 15.6. The van der Waals surface area contributed by atoms with Gasteiger partial charge >= 0.3 is 0 Å². The highest BCUT2D eigenvalue weighted by Crippen LogP contribution is 2.27. The molecule has 0 amide bonds. The van der Waals surface area contributed by atoms with Crippen molar-refractivity contribution in [2.24, 2.45) is 0 Å². The number of benzene rings is 3. The van der Waals surface area contributed by atoms with Gasteiger partial charge in [0.15, 0.2) is 0 Å². The van der Waals surface area contributed by atoms with Gasteiger partial charge in [-0.05, 0) is 45.5 Å². The van der Waals surface area contributed by atoms with Gasteiger partial charge in [0, 0.05) is 0 Å². The fourth-order valence-corrected chi connectivity index (χ4v) is 2.61. The van der Waals surface area contributed by atoms with Crippen molar-refractivity contribution >= 4 is 21.5 Å². The zero-order valence-electron chi connectivity index (χ0n) is 13.7. The summed E-state index contributed by atoms with van der Waals surface area (Å²) < 4.78 is 0. The molecule has 21 heavy (non-hydrogen) atoms. The molecule has 0 aliphatic carbocycles. The molecule has 0 heterocycles. The molecule has 0 unspecified atom stereocenters. The third-order valence-electron chi connectivity index (χ3n) is 3.78. The van der Waals surface area contributed by atoms with Crippen LogP contribution in [0, 0.1) is 0 Å². The summed E-state index contributed by atoms with van der Waals surface area (Å²) in [6.45, 7) is 8.66. The average molecular weight is 278 g/mol. The lowest BCUT2D eigenvalue weighted by atomic mass is 9.98.